The van der Waals surface area contributed by atoms with Crippen LogP contribution in [0.1, 0.15) is 111 Å². The molecule has 1 aliphatic heterocycles. The molecule has 1 saturated heterocycles. The number of nitrogens with one attached hydrogen (secondary N) is 5. The minimum atomic E-state index is -0.960. The van der Waals surface area contributed by atoms with E-state index in [-0.39, 0.29) is 29.3 Å². The monoisotopic (exact) mass is 852 g/mol. The summed E-state index contributed by atoms with van der Waals surface area (Å²) in [5.74, 6) is -0.959. The summed E-state index contributed by atoms with van der Waals surface area (Å²) in [6.07, 6.45) is 5.68. The van der Waals surface area contributed by atoms with Crippen molar-refractivity contribution in [2.45, 2.75) is 137 Å². The number of likely N-dealkylation sites (tertiary alicyclic amines) is 1. The fourth-order valence-corrected chi connectivity index (χ4v) is 7.09. The fraction of sp³-hybridized carbons (Fsp3) is 0.651. The molecule has 0 aliphatic carbocycles. The number of benzene rings is 1. The molecule has 1 aromatic carbocycles. The van der Waals surface area contributed by atoms with E-state index in [1.54, 1.807) is 39.2 Å². The van der Waals surface area contributed by atoms with Gasteiger partial charge >= 0.3 is 17.8 Å². The molecule has 0 bridgehead atoms. The third-order valence-corrected chi connectivity index (χ3v) is 10.6. The summed E-state index contributed by atoms with van der Waals surface area (Å²) in [4.78, 5) is 78.8. The van der Waals surface area contributed by atoms with Crippen LogP contribution >= 0.6 is 0 Å². The van der Waals surface area contributed by atoms with Gasteiger partial charge in [0.1, 0.15) is 29.2 Å². The van der Waals surface area contributed by atoms with Gasteiger partial charge in [-0.25, -0.2) is 9.59 Å². The van der Waals surface area contributed by atoms with Gasteiger partial charge in [0.05, 0.1) is 13.2 Å². The van der Waals surface area contributed by atoms with Gasteiger partial charge in [0.15, 0.2) is 11.5 Å². The maximum Gasteiger partial charge on any atom is 0.408 e. The molecule has 4 rings (SSSR count). The van der Waals surface area contributed by atoms with E-state index in [2.05, 4.69) is 60.2 Å². The first-order valence-electron chi connectivity index (χ1n) is 21.7. The minimum Gasteiger partial charge on any atom is -0.463 e. The van der Waals surface area contributed by atoms with Crippen molar-refractivity contribution in [3.8, 4) is 6.01 Å². The first-order chi connectivity index (χ1) is 29.0. The number of piperidine rings is 1. The Kier molecular flexibility index (Phi) is 18.4. The number of carbonyl (C=O) groups excluding carboxylic acids is 4. The highest BCUT2D eigenvalue weighted by molar-refractivity contribution is 5.93. The van der Waals surface area contributed by atoms with E-state index in [4.69, 9.17) is 20.9 Å². The van der Waals surface area contributed by atoms with Gasteiger partial charge in [-0.15, -0.1) is 0 Å². The molecule has 0 spiro atoms. The number of aromatic amines is 1. The Bertz CT molecular complexity index is 1950. The van der Waals surface area contributed by atoms with Crippen molar-refractivity contribution >= 4 is 40.8 Å². The largest absolute Gasteiger partial charge is 0.463 e. The molecule has 3 atom stereocenters. The summed E-state index contributed by atoms with van der Waals surface area (Å²) in [5.41, 5.74) is 13.7. The number of ether oxygens (including phenoxy) is 2. The van der Waals surface area contributed by atoms with E-state index in [9.17, 15) is 24.0 Å². The number of anilines is 1. The first kappa shape index (κ1) is 48.4. The number of nitrogens with zero attached hydrogens (tertiary/aromatic N) is 4. The van der Waals surface area contributed by atoms with E-state index >= 15 is 0 Å². The maximum absolute atomic E-state index is 13.4. The Morgan fingerprint density at radius 3 is 2.21 bits per heavy atom. The van der Waals surface area contributed by atoms with Gasteiger partial charge in [-0.05, 0) is 115 Å². The van der Waals surface area contributed by atoms with Crippen LogP contribution in [0.4, 0.5) is 10.6 Å². The average molecular weight is 852 g/mol. The quantitative estimate of drug-likeness (QED) is 0.0720. The summed E-state index contributed by atoms with van der Waals surface area (Å²) in [6, 6.07) is 5.71. The molecule has 0 radical (unpaired) electrons. The molecule has 18 nitrogen and oxygen atoms in total. The number of nitrogens with two attached hydrogens (primary N) is 2. The van der Waals surface area contributed by atoms with Crippen molar-refractivity contribution < 1.29 is 28.7 Å². The number of imidazole rings is 1. The Hall–Kier alpha value is -5.23. The number of unbranched alkanes of at least 4 members (excludes halogenated alkanes) is 2. The van der Waals surface area contributed by atoms with Crippen LogP contribution < -0.4 is 43.2 Å². The van der Waals surface area contributed by atoms with E-state index in [0.717, 1.165) is 57.3 Å². The van der Waals surface area contributed by atoms with Gasteiger partial charge in [0.25, 0.3) is 0 Å². The molecule has 4 amide bonds. The summed E-state index contributed by atoms with van der Waals surface area (Å²) in [6.45, 7) is 16.8. The van der Waals surface area contributed by atoms with E-state index in [1.165, 1.54) is 12.5 Å². The minimum absolute atomic E-state index is 0.155. The molecule has 0 saturated carbocycles. The second-order valence-electron chi connectivity index (χ2n) is 17.4. The Labute approximate surface area is 359 Å². The van der Waals surface area contributed by atoms with Gasteiger partial charge in [-0.2, -0.15) is 9.97 Å². The van der Waals surface area contributed by atoms with E-state index in [0.29, 0.717) is 62.6 Å². The zero-order valence-corrected chi connectivity index (χ0v) is 37.1. The molecule has 2 aromatic heterocycles. The summed E-state index contributed by atoms with van der Waals surface area (Å²) >= 11 is 0. The number of H-pyrrole nitrogens is 1. The second-order valence-corrected chi connectivity index (χ2v) is 17.4. The van der Waals surface area contributed by atoms with Crippen LogP contribution in [0.2, 0.25) is 0 Å². The maximum atomic E-state index is 13.4. The van der Waals surface area contributed by atoms with Crippen molar-refractivity contribution in [1.29, 1.82) is 0 Å². The van der Waals surface area contributed by atoms with Gasteiger partial charge < -0.3 is 47.2 Å². The third-order valence-electron chi connectivity index (χ3n) is 10.6. The van der Waals surface area contributed by atoms with Gasteiger partial charge in [0.2, 0.25) is 17.7 Å². The Morgan fingerprint density at radius 2 is 1.59 bits per heavy atom. The molecule has 3 heterocycles. The molecule has 9 N–H and O–H groups in total. The Balaban J connectivity index is 1.22. The van der Waals surface area contributed by atoms with Gasteiger partial charge in [-0.3, -0.25) is 23.9 Å². The lowest BCUT2D eigenvalue weighted by atomic mass is 9.93. The molecular formula is C43H69N11O7. The van der Waals surface area contributed by atoms with Crippen LogP contribution in [0.3, 0.4) is 0 Å². The van der Waals surface area contributed by atoms with Crippen LogP contribution in [0, 0.1) is 11.8 Å². The number of amides is 4. The molecule has 0 unspecified atom stereocenters. The third kappa shape index (κ3) is 15.3. The lowest BCUT2D eigenvalue weighted by Gasteiger charge is -2.32. The number of rotatable bonds is 22. The topological polar surface area (TPSA) is 254 Å². The number of alkyl carbamates (subject to hydrolysis) is 1. The number of aromatic nitrogens is 4. The highest BCUT2D eigenvalue weighted by atomic mass is 16.6. The van der Waals surface area contributed by atoms with Crippen LogP contribution in [-0.4, -0.2) is 105 Å². The second kappa shape index (κ2) is 23.1. The lowest BCUT2D eigenvalue weighted by Crippen LogP contribution is -2.57. The fourth-order valence-electron chi connectivity index (χ4n) is 7.09. The van der Waals surface area contributed by atoms with Crippen LogP contribution in [0.15, 0.2) is 29.1 Å². The highest BCUT2D eigenvalue weighted by Gasteiger charge is 2.30. The molecule has 1 aliphatic rings. The van der Waals surface area contributed by atoms with Crippen molar-refractivity contribution in [1.82, 2.24) is 45.7 Å². The summed E-state index contributed by atoms with van der Waals surface area (Å²) < 4.78 is 12.5. The van der Waals surface area contributed by atoms with Crippen molar-refractivity contribution in [2.24, 2.45) is 17.6 Å². The number of fused-ring (bicyclic) bond motifs is 1. The zero-order valence-electron chi connectivity index (χ0n) is 37.1. The number of hydrogen-bond donors (Lipinski definition) is 7. The molecule has 61 heavy (non-hydrogen) atoms. The van der Waals surface area contributed by atoms with Crippen molar-refractivity contribution in [2.75, 3.05) is 38.5 Å². The van der Waals surface area contributed by atoms with Crippen LogP contribution in [-0.2, 0) is 32.2 Å². The molecule has 3 aromatic rings. The molecule has 1 fully saturated rings. The average Bonchev–Trinajstić information content (AvgIpc) is 3.51. The SMILES string of the molecule is CCCCOc1nc(N)c2[nH]c(=O)n(Cc3ccc(CN4CCC(CCNC(=O)[C@H](CCCCN)NC(=O)[C@H](C)NC(=O)[C@@H](NC(=O)OC(C)(C)C)C(C)C)CC4)cc3)c2n1. The number of carbonyl (C=O) groups is 4. The first-order valence-corrected chi connectivity index (χ1v) is 21.7. The van der Waals surface area contributed by atoms with Gasteiger partial charge in [-0.1, -0.05) is 51.5 Å². The standard InChI is InChI=1S/C43H69N11O7/c1-8-9-24-60-40-51-35(45)34-36(52-40)54(41(58)49-34)26-31-15-13-30(14-16-31)25-53-22-18-29(19-23-53)17-21-46-38(56)32(12-10-11-20-44)48-37(55)28(4)47-39(57)33(27(2)3)50-42(59)61-43(5,6)7/h13-16,27-29,32-33H,8-12,17-26,44H2,1-7H3,(H,46,56)(H,47,57)(H,48,55)(H,49,58)(H,50,59)(H2,45,51,52)/t28-,32-,33-/m0/s1. The highest BCUT2D eigenvalue weighted by Crippen LogP contribution is 2.23. The van der Waals surface area contributed by atoms with Crippen LogP contribution in [0.25, 0.3) is 11.2 Å². The Morgan fingerprint density at radius 1 is 0.918 bits per heavy atom. The molecule has 338 valence electrons. The predicted molar refractivity (Wildman–Crippen MR) is 235 cm³/mol. The van der Waals surface area contributed by atoms with Crippen molar-refractivity contribution in [3.05, 3.63) is 45.9 Å². The van der Waals surface area contributed by atoms with Gasteiger partial charge in [0, 0.05) is 13.1 Å². The molecular weight excluding hydrogens is 783 g/mol. The van der Waals surface area contributed by atoms with Crippen molar-refractivity contribution in [3.63, 3.8) is 0 Å². The molecule has 18 heteroatoms. The van der Waals surface area contributed by atoms with Crippen LogP contribution in [0.5, 0.6) is 6.01 Å². The summed E-state index contributed by atoms with van der Waals surface area (Å²) in [7, 11) is 0. The predicted octanol–water partition coefficient (Wildman–Crippen LogP) is 3.32. The normalized spacial score (nSPS) is 15.2. The number of hydrogen-bond acceptors (Lipinski definition) is 12. The van der Waals surface area contributed by atoms with E-state index < -0.39 is 41.6 Å². The number of nitrogen functional groups attached to an aromatic ring is 1. The lowest BCUT2D eigenvalue weighted by molar-refractivity contribution is -0.132. The zero-order chi connectivity index (χ0) is 44.7. The summed E-state index contributed by atoms with van der Waals surface area (Å²) in [5, 5.41) is 11.1. The van der Waals surface area contributed by atoms with E-state index in [1.807, 2.05) is 12.1 Å². The smallest absolute Gasteiger partial charge is 0.408 e.